The number of carboxylic acids is 1. The fraction of sp³-hybridized carbons (Fsp3) is 0. The first-order valence-electron chi connectivity index (χ1n) is 6.70. The van der Waals surface area contributed by atoms with Gasteiger partial charge in [0.05, 0.1) is 0 Å². The Morgan fingerprint density at radius 3 is 1.74 bits per heavy atom. The minimum absolute atomic E-state index is 0.140. The van der Waals surface area contributed by atoms with Gasteiger partial charge in [-0.3, -0.25) is 9.97 Å². The number of aromatic nitrogens is 2. The summed E-state index contributed by atoms with van der Waals surface area (Å²) in [5.41, 5.74) is 7.82. The van der Waals surface area contributed by atoms with E-state index in [1.807, 2.05) is 24.3 Å². The van der Waals surface area contributed by atoms with Gasteiger partial charge in [-0.1, -0.05) is 0 Å². The van der Waals surface area contributed by atoms with Crippen molar-refractivity contribution in [1.82, 2.24) is 9.97 Å². The first-order valence-corrected chi connectivity index (χ1v) is 6.70. The molecule has 2 aromatic heterocycles. The highest BCUT2D eigenvalue weighted by Crippen LogP contribution is 2.19. The molecule has 4 N–H and O–H groups in total. The Labute approximate surface area is 132 Å². The zero-order chi connectivity index (χ0) is 16.7. The minimum Gasteiger partial charge on any atom is -0.507 e. The average molecular weight is 309 g/mol. The number of anilines is 1. The van der Waals surface area contributed by atoms with E-state index in [4.69, 9.17) is 15.9 Å². The van der Waals surface area contributed by atoms with Crippen molar-refractivity contribution in [2.24, 2.45) is 0 Å². The number of hydrogen-bond donors (Lipinski definition) is 3. The normalized spacial score (nSPS) is 9.57. The molecular weight excluding hydrogens is 294 g/mol. The first kappa shape index (κ1) is 16.0. The van der Waals surface area contributed by atoms with Crippen LogP contribution < -0.4 is 5.73 Å². The number of aromatic hydroxyl groups is 1. The molecule has 0 amide bonds. The SMILES string of the molecule is Nc1ccc(C(=O)O)c(O)c1.c1cc(-c2ccncc2)ccn1. The summed E-state index contributed by atoms with van der Waals surface area (Å²) in [5, 5.41) is 17.5. The van der Waals surface area contributed by atoms with Gasteiger partial charge in [-0.05, 0) is 47.5 Å². The molecule has 0 saturated heterocycles. The minimum atomic E-state index is -1.16. The van der Waals surface area contributed by atoms with Gasteiger partial charge in [0.2, 0.25) is 0 Å². The molecule has 0 aliphatic carbocycles. The van der Waals surface area contributed by atoms with Gasteiger partial charge in [0.25, 0.3) is 0 Å². The lowest BCUT2D eigenvalue weighted by atomic mass is 10.1. The molecule has 6 nitrogen and oxygen atoms in total. The number of hydrogen-bond acceptors (Lipinski definition) is 5. The maximum Gasteiger partial charge on any atom is 0.339 e. The van der Waals surface area contributed by atoms with E-state index in [2.05, 4.69) is 9.97 Å². The second-order valence-corrected chi connectivity index (χ2v) is 4.55. The van der Waals surface area contributed by atoms with E-state index >= 15 is 0 Å². The van der Waals surface area contributed by atoms with Crippen LogP contribution in [0.15, 0.2) is 67.3 Å². The standard InChI is InChI=1S/C10H8N2.C7H7NO3/c1-5-11-6-2-9(1)10-3-7-12-8-4-10;8-4-1-2-5(7(10)11)6(9)3-4/h1-8H;1-3,9H,8H2,(H,10,11). The Kier molecular flexibility index (Phi) is 5.25. The number of nitrogens with two attached hydrogens (primary N) is 1. The molecule has 0 radical (unpaired) electrons. The fourth-order valence-electron chi connectivity index (χ4n) is 1.82. The largest absolute Gasteiger partial charge is 0.507 e. The summed E-state index contributed by atoms with van der Waals surface area (Å²) in [6.07, 6.45) is 7.15. The van der Waals surface area contributed by atoms with Crippen LogP contribution >= 0.6 is 0 Å². The Morgan fingerprint density at radius 1 is 0.870 bits per heavy atom. The van der Waals surface area contributed by atoms with E-state index in [1.54, 1.807) is 24.8 Å². The first-order chi connectivity index (χ1) is 11.1. The zero-order valence-corrected chi connectivity index (χ0v) is 12.1. The molecule has 2 heterocycles. The molecule has 0 unspecified atom stereocenters. The number of carboxylic acid groups (broad SMARTS) is 1. The molecule has 0 aliphatic rings. The highest BCUT2D eigenvalue weighted by molar-refractivity contribution is 5.91. The molecule has 3 aromatic rings. The monoisotopic (exact) mass is 309 g/mol. The van der Waals surface area contributed by atoms with E-state index < -0.39 is 5.97 Å². The summed E-state index contributed by atoms with van der Waals surface area (Å²) in [6.45, 7) is 0. The van der Waals surface area contributed by atoms with Gasteiger partial charge < -0.3 is 15.9 Å². The van der Waals surface area contributed by atoms with Gasteiger partial charge >= 0.3 is 5.97 Å². The molecule has 0 aliphatic heterocycles. The van der Waals surface area contributed by atoms with Crippen LogP contribution in [0.4, 0.5) is 5.69 Å². The third kappa shape index (κ3) is 4.53. The van der Waals surface area contributed by atoms with Crippen molar-refractivity contribution in [3.63, 3.8) is 0 Å². The predicted octanol–water partition coefficient (Wildman–Crippen LogP) is 2.82. The fourth-order valence-corrected chi connectivity index (χ4v) is 1.82. The van der Waals surface area contributed by atoms with E-state index in [-0.39, 0.29) is 11.3 Å². The van der Waals surface area contributed by atoms with Crippen LogP contribution in [0, 0.1) is 0 Å². The lowest BCUT2D eigenvalue weighted by molar-refractivity contribution is 0.0694. The van der Waals surface area contributed by atoms with E-state index in [0.717, 1.165) is 0 Å². The topological polar surface area (TPSA) is 109 Å². The number of benzene rings is 1. The Morgan fingerprint density at radius 2 is 1.35 bits per heavy atom. The molecule has 116 valence electrons. The lowest BCUT2D eigenvalue weighted by Crippen LogP contribution is -1.97. The molecule has 0 saturated carbocycles. The molecule has 1 aromatic carbocycles. The molecule has 6 heteroatoms. The van der Waals surface area contributed by atoms with Crippen LogP contribution in [-0.4, -0.2) is 26.2 Å². The maximum absolute atomic E-state index is 10.3. The summed E-state index contributed by atoms with van der Waals surface area (Å²) in [7, 11) is 0. The number of nitrogen functional groups attached to an aromatic ring is 1. The van der Waals surface area contributed by atoms with Crippen LogP contribution in [0.1, 0.15) is 10.4 Å². The number of pyridine rings is 2. The Bertz CT molecular complexity index is 740. The summed E-state index contributed by atoms with van der Waals surface area (Å²) < 4.78 is 0. The van der Waals surface area contributed by atoms with Crippen LogP contribution in [0.2, 0.25) is 0 Å². The van der Waals surface area contributed by atoms with E-state index in [1.165, 1.54) is 29.3 Å². The Hall–Kier alpha value is -3.41. The number of rotatable bonds is 2. The second-order valence-electron chi connectivity index (χ2n) is 4.55. The molecule has 0 spiro atoms. The quantitative estimate of drug-likeness (QED) is 0.628. The van der Waals surface area contributed by atoms with Gasteiger partial charge in [0.1, 0.15) is 11.3 Å². The number of aromatic carboxylic acids is 1. The van der Waals surface area contributed by atoms with Crippen molar-refractivity contribution in [3.05, 3.63) is 72.8 Å². The van der Waals surface area contributed by atoms with Gasteiger partial charge in [0.15, 0.2) is 0 Å². The third-order valence-electron chi connectivity index (χ3n) is 2.95. The van der Waals surface area contributed by atoms with Gasteiger partial charge in [0, 0.05) is 36.5 Å². The van der Waals surface area contributed by atoms with Crippen LogP contribution in [0.25, 0.3) is 11.1 Å². The smallest absolute Gasteiger partial charge is 0.339 e. The van der Waals surface area contributed by atoms with Crippen LogP contribution in [-0.2, 0) is 0 Å². The second kappa shape index (κ2) is 7.56. The van der Waals surface area contributed by atoms with Crippen molar-refractivity contribution < 1.29 is 15.0 Å². The van der Waals surface area contributed by atoms with Crippen molar-refractivity contribution >= 4 is 11.7 Å². The van der Waals surface area contributed by atoms with Gasteiger partial charge in [-0.2, -0.15) is 0 Å². The van der Waals surface area contributed by atoms with E-state index in [0.29, 0.717) is 5.69 Å². The average Bonchev–Trinajstić information content (AvgIpc) is 2.57. The zero-order valence-electron chi connectivity index (χ0n) is 12.1. The highest BCUT2D eigenvalue weighted by Gasteiger charge is 2.07. The highest BCUT2D eigenvalue weighted by atomic mass is 16.4. The summed E-state index contributed by atoms with van der Waals surface area (Å²) in [4.78, 5) is 18.2. The molecule has 23 heavy (non-hydrogen) atoms. The van der Waals surface area contributed by atoms with Crippen LogP contribution in [0.5, 0.6) is 5.75 Å². The number of nitrogens with zero attached hydrogens (tertiary/aromatic N) is 2. The maximum atomic E-state index is 10.3. The Balaban J connectivity index is 0.000000168. The lowest BCUT2D eigenvalue weighted by Gasteiger charge is -1.98. The molecule has 0 bridgehead atoms. The molecule has 3 rings (SSSR count). The summed E-state index contributed by atoms with van der Waals surface area (Å²) >= 11 is 0. The molecule has 0 atom stereocenters. The van der Waals surface area contributed by atoms with E-state index in [9.17, 15) is 4.79 Å². The van der Waals surface area contributed by atoms with Crippen LogP contribution in [0.3, 0.4) is 0 Å². The van der Waals surface area contributed by atoms with Crippen molar-refractivity contribution in [3.8, 4) is 16.9 Å². The summed E-state index contributed by atoms with van der Waals surface area (Å²) in [6, 6.07) is 11.8. The molecule has 0 fully saturated rings. The van der Waals surface area contributed by atoms with Crippen molar-refractivity contribution in [2.75, 3.05) is 5.73 Å². The summed E-state index contributed by atoms with van der Waals surface area (Å²) in [5.74, 6) is -1.47. The third-order valence-corrected chi connectivity index (χ3v) is 2.95. The molecular formula is C17H15N3O3. The number of phenols is 1. The van der Waals surface area contributed by atoms with Crippen molar-refractivity contribution in [2.45, 2.75) is 0 Å². The van der Waals surface area contributed by atoms with Crippen molar-refractivity contribution in [1.29, 1.82) is 0 Å². The number of carbonyl (C=O) groups is 1. The predicted molar refractivity (Wildman–Crippen MR) is 86.9 cm³/mol. The van der Waals surface area contributed by atoms with Gasteiger partial charge in [-0.25, -0.2) is 4.79 Å². The van der Waals surface area contributed by atoms with Gasteiger partial charge in [-0.15, -0.1) is 0 Å².